The second-order valence-corrected chi connectivity index (χ2v) is 11.8. The maximum atomic E-state index is 13.2. The van der Waals surface area contributed by atoms with Crippen LogP contribution in [0.5, 0.6) is 0 Å². The quantitative estimate of drug-likeness (QED) is 0.0794. The first-order chi connectivity index (χ1) is 19.3. The molecule has 1 fully saturated rings. The number of hydrogen-bond donors (Lipinski definition) is 4. The molecule has 5 N–H and O–H groups in total. The zero-order chi connectivity index (χ0) is 28.4. The van der Waals surface area contributed by atoms with E-state index in [2.05, 4.69) is 15.5 Å². The molecule has 0 bridgehead atoms. The van der Waals surface area contributed by atoms with Crippen molar-refractivity contribution in [3.63, 3.8) is 0 Å². The van der Waals surface area contributed by atoms with Crippen LogP contribution in [-0.4, -0.2) is 84.1 Å². The number of amides is 2. The Balaban J connectivity index is 1.33. The molecule has 13 nitrogen and oxygen atoms in total. The highest BCUT2D eigenvalue weighted by molar-refractivity contribution is 8.00. The number of nitrogen functional groups attached to an aromatic ring is 1. The molecule has 2 atom stereocenters. The van der Waals surface area contributed by atoms with Crippen molar-refractivity contribution in [2.75, 3.05) is 30.5 Å². The van der Waals surface area contributed by atoms with E-state index in [1.807, 2.05) is 39.7 Å². The van der Waals surface area contributed by atoms with Crippen LogP contribution < -0.4 is 15.6 Å². The second kappa shape index (κ2) is 11.9. The van der Waals surface area contributed by atoms with Crippen molar-refractivity contribution in [1.29, 1.82) is 0 Å². The number of carbonyl (C=O) groups is 3. The van der Waals surface area contributed by atoms with Gasteiger partial charge in [0.2, 0.25) is 0 Å². The molecule has 16 heteroatoms. The molecule has 40 heavy (non-hydrogen) atoms. The number of carboxylic acids is 1. The van der Waals surface area contributed by atoms with Crippen LogP contribution in [0.3, 0.4) is 0 Å². The largest absolute Gasteiger partial charge is 0.477 e. The lowest BCUT2D eigenvalue weighted by atomic mass is 10.0. The molecule has 0 aromatic carbocycles. The van der Waals surface area contributed by atoms with E-state index in [0.717, 1.165) is 21.9 Å². The summed E-state index contributed by atoms with van der Waals surface area (Å²) in [4.78, 5) is 48.9. The van der Waals surface area contributed by atoms with Crippen molar-refractivity contribution in [3.8, 4) is 0 Å². The fourth-order valence-corrected chi connectivity index (χ4v) is 7.06. The van der Waals surface area contributed by atoms with Crippen LogP contribution in [0, 0.1) is 0 Å². The minimum Gasteiger partial charge on any atom is -0.477 e. The SMILES string of the molecule is CCO/N=C(\C(=O)N[C@@H]1C(=O)N2C(C(=O)O)=C(C[n+]3ccn4c(SCCO)ccc4c3)CS[C@H]12)c1csc(N)n1. The molecule has 5 heterocycles. The Morgan fingerprint density at radius 1 is 1.40 bits per heavy atom. The molecular formula is C24H26N7O6S3+. The summed E-state index contributed by atoms with van der Waals surface area (Å²) in [6.45, 7) is 2.29. The number of thioether (sulfide) groups is 2. The maximum Gasteiger partial charge on any atom is 0.352 e. The van der Waals surface area contributed by atoms with Crippen molar-refractivity contribution in [2.45, 2.75) is 29.9 Å². The molecule has 0 radical (unpaired) electrons. The fourth-order valence-electron chi connectivity index (χ4n) is 4.41. The number of thiazole rings is 1. The number of carboxylic acid groups (broad SMARTS) is 1. The highest BCUT2D eigenvalue weighted by Crippen LogP contribution is 2.40. The summed E-state index contributed by atoms with van der Waals surface area (Å²) < 4.78 is 3.86. The molecule has 5 rings (SSSR count). The summed E-state index contributed by atoms with van der Waals surface area (Å²) in [5, 5.41) is 27.9. The van der Waals surface area contributed by atoms with E-state index in [4.69, 9.17) is 15.7 Å². The molecule has 0 aliphatic carbocycles. The van der Waals surface area contributed by atoms with Gasteiger partial charge in [0.15, 0.2) is 29.8 Å². The maximum absolute atomic E-state index is 13.2. The molecule has 2 aliphatic rings. The lowest BCUT2D eigenvalue weighted by molar-refractivity contribution is -0.688. The Hall–Kier alpha value is -3.60. The number of hydrogen-bond acceptors (Lipinski definition) is 11. The standard InChI is InChI=1S/C24H25N7O6S3/c1-2-37-28-17(15-12-40-24(25)26-15)20(33)27-18-21(34)31-19(23(35)36)13(11-39-22(18)31)9-29-5-6-30-14(10-29)3-4-16(30)38-8-7-32/h3-6,10,12,18,22,32H,2,7-9,11H2,1H3,(H3-,25,26,27,33,35,36)/p+1/b28-17-/t18-,22-/m1/s1. The van der Waals surface area contributed by atoms with E-state index in [9.17, 15) is 19.5 Å². The molecule has 2 amide bonds. The highest BCUT2D eigenvalue weighted by atomic mass is 32.2. The number of nitrogens with one attached hydrogen (secondary N) is 1. The smallest absolute Gasteiger partial charge is 0.352 e. The van der Waals surface area contributed by atoms with Gasteiger partial charge in [0.25, 0.3) is 11.8 Å². The molecule has 2 aliphatic heterocycles. The summed E-state index contributed by atoms with van der Waals surface area (Å²) in [5.74, 6) is -1.45. The van der Waals surface area contributed by atoms with E-state index in [-0.39, 0.29) is 42.0 Å². The average molecular weight is 605 g/mol. The lowest BCUT2D eigenvalue weighted by Gasteiger charge is -2.49. The third kappa shape index (κ3) is 5.39. The summed E-state index contributed by atoms with van der Waals surface area (Å²) in [5.41, 5.74) is 7.22. The van der Waals surface area contributed by atoms with Gasteiger partial charge >= 0.3 is 5.97 Å². The van der Waals surface area contributed by atoms with E-state index >= 15 is 0 Å². The molecule has 3 aromatic rings. The number of aromatic nitrogens is 3. The average Bonchev–Trinajstić information content (AvgIpc) is 3.55. The molecule has 3 aromatic heterocycles. The summed E-state index contributed by atoms with van der Waals surface area (Å²) >= 11 is 4.05. The van der Waals surface area contributed by atoms with E-state index in [0.29, 0.717) is 17.1 Å². The number of aliphatic hydroxyl groups is 1. The summed E-state index contributed by atoms with van der Waals surface area (Å²) in [7, 11) is 0. The van der Waals surface area contributed by atoms with Crippen LogP contribution in [0.15, 0.2) is 57.6 Å². The number of β-lactam (4-membered cyclic amide) rings is 1. The van der Waals surface area contributed by atoms with Crippen molar-refractivity contribution < 1.29 is 34.0 Å². The zero-order valence-electron chi connectivity index (χ0n) is 21.2. The minimum absolute atomic E-state index is 0.0725. The van der Waals surface area contributed by atoms with Gasteiger partial charge in [-0.3, -0.25) is 14.5 Å². The summed E-state index contributed by atoms with van der Waals surface area (Å²) in [6.07, 6.45) is 5.62. The number of aliphatic hydroxyl groups excluding tert-OH is 1. The molecule has 0 saturated carbocycles. The number of oxime groups is 1. The molecule has 1 saturated heterocycles. The Kier molecular flexibility index (Phi) is 8.30. The van der Waals surface area contributed by atoms with Crippen LogP contribution >= 0.6 is 34.9 Å². The van der Waals surface area contributed by atoms with Gasteiger partial charge < -0.3 is 30.5 Å². The normalized spacial score (nSPS) is 19.0. The number of fused-ring (bicyclic) bond motifs is 2. The first-order valence-corrected chi connectivity index (χ1v) is 15.1. The van der Waals surface area contributed by atoms with Gasteiger partial charge in [0, 0.05) is 22.5 Å². The van der Waals surface area contributed by atoms with Crippen LogP contribution in [0.1, 0.15) is 12.6 Å². The Bertz CT molecular complexity index is 1530. The van der Waals surface area contributed by atoms with E-state index in [1.165, 1.54) is 28.4 Å². The third-order valence-electron chi connectivity index (χ3n) is 6.13. The first kappa shape index (κ1) is 27.9. The van der Waals surface area contributed by atoms with Crippen LogP contribution in [0.4, 0.5) is 5.13 Å². The zero-order valence-corrected chi connectivity index (χ0v) is 23.7. The molecule has 0 spiro atoms. The number of anilines is 1. The monoisotopic (exact) mass is 604 g/mol. The Labute approximate surface area is 240 Å². The van der Waals surface area contributed by atoms with Crippen molar-refractivity contribution in [1.82, 2.24) is 19.6 Å². The number of rotatable bonds is 11. The number of nitrogens with two attached hydrogens (primary N) is 1. The fraction of sp³-hybridized carbons (Fsp3) is 0.333. The molecule has 0 unspecified atom stereocenters. The van der Waals surface area contributed by atoms with Crippen LogP contribution in [-0.2, 0) is 25.8 Å². The first-order valence-electron chi connectivity index (χ1n) is 12.2. The van der Waals surface area contributed by atoms with Crippen molar-refractivity contribution in [3.05, 3.63) is 53.1 Å². The van der Waals surface area contributed by atoms with Crippen LogP contribution in [0.25, 0.3) is 5.52 Å². The topological polar surface area (TPSA) is 176 Å². The summed E-state index contributed by atoms with van der Waals surface area (Å²) in [6, 6.07) is 2.98. The van der Waals surface area contributed by atoms with Gasteiger partial charge in [-0.2, -0.15) is 4.57 Å². The Morgan fingerprint density at radius 2 is 2.23 bits per heavy atom. The van der Waals surface area contributed by atoms with Crippen molar-refractivity contribution >= 4 is 69.0 Å². The van der Waals surface area contributed by atoms with Gasteiger partial charge in [0.05, 0.1) is 17.8 Å². The van der Waals surface area contributed by atoms with E-state index < -0.39 is 29.2 Å². The van der Waals surface area contributed by atoms with Crippen LogP contribution in [0.2, 0.25) is 0 Å². The predicted octanol–water partition coefficient (Wildman–Crippen LogP) is 0.529. The number of aliphatic carboxylic acids is 1. The highest BCUT2D eigenvalue weighted by Gasteiger charge is 2.54. The van der Waals surface area contributed by atoms with Gasteiger partial charge in [-0.05, 0) is 19.1 Å². The number of nitrogens with zero attached hydrogens (tertiary/aromatic N) is 5. The third-order valence-corrected chi connectivity index (χ3v) is 9.16. The van der Waals surface area contributed by atoms with Gasteiger partial charge in [-0.1, -0.05) is 5.16 Å². The van der Waals surface area contributed by atoms with E-state index in [1.54, 1.807) is 12.3 Å². The lowest BCUT2D eigenvalue weighted by Crippen LogP contribution is -2.71. The molecule has 210 valence electrons. The van der Waals surface area contributed by atoms with Gasteiger partial charge in [-0.25, -0.2) is 9.78 Å². The van der Waals surface area contributed by atoms with Gasteiger partial charge in [0.1, 0.15) is 34.9 Å². The van der Waals surface area contributed by atoms with Gasteiger partial charge in [-0.15, -0.1) is 34.9 Å². The molecular weight excluding hydrogens is 579 g/mol. The number of carbonyl (C=O) groups excluding carboxylic acids is 2. The predicted molar refractivity (Wildman–Crippen MR) is 150 cm³/mol. The second-order valence-electron chi connectivity index (χ2n) is 8.68. The van der Waals surface area contributed by atoms with Crippen molar-refractivity contribution in [2.24, 2.45) is 5.16 Å². The Morgan fingerprint density at radius 3 is 2.92 bits per heavy atom. The minimum atomic E-state index is -1.21.